The largest absolute Gasteiger partial charge is 0.238 e. The molecule has 1 aromatic rings. The summed E-state index contributed by atoms with van der Waals surface area (Å²) in [7, 11) is 0. The first kappa shape index (κ1) is 8.60. The molecule has 2 nitrogen and oxygen atoms in total. The Morgan fingerprint density at radius 3 is 2.69 bits per heavy atom. The Morgan fingerprint density at radius 2 is 2.15 bits per heavy atom. The van der Waals surface area contributed by atoms with Crippen LogP contribution in [0.15, 0.2) is 12.3 Å². The Bertz CT molecular complexity index is 318. The van der Waals surface area contributed by atoms with Gasteiger partial charge in [-0.05, 0) is 24.8 Å². The molecule has 1 fully saturated rings. The fourth-order valence-electron chi connectivity index (χ4n) is 1.24. The van der Waals surface area contributed by atoms with E-state index < -0.39 is 5.67 Å². The number of rotatable bonds is 2. The van der Waals surface area contributed by atoms with Crippen LogP contribution in [0.1, 0.15) is 44.1 Å². The molecule has 0 aliphatic heterocycles. The van der Waals surface area contributed by atoms with Crippen LogP contribution in [0.4, 0.5) is 4.39 Å². The summed E-state index contributed by atoms with van der Waals surface area (Å²) in [6.45, 7) is 4.09. The smallest absolute Gasteiger partial charge is 0.170 e. The van der Waals surface area contributed by atoms with E-state index in [2.05, 4.69) is 9.97 Å². The van der Waals surface area contributed by atoms with Crippen LogP contribution in [0.2, 0.25) is 0 Å². The molecule has 1 aromatic heterocycles. The Morgan fingerprint density at radius 1 is 1.46 bits per heavy atom. The standard InChI is InChI=1S/C10H13FN2/c1-7(2)8-3-6-12-9(13-8)10(11)4-5-10/h3,6-7H,4-5H2,1-2H3. The van der Waals surface area contributed by atoms with Crippen molar-refractivity contribution < 1.29 is 4.39 Å². The number of hydrogen-bond donors (Lipinski definition) is 0. The molecule has 1 aliphatic rings. The van der Waals surface area contributed by atoms with E-state index in [0.717, 1.165) is 5.69 Å². The summed E-state index contributed by atoms with van der Waals surface area (Å²) in [5, 5.41) is 0. The van der Waals surface area contributed by atoms with E-state index in [1.54, 1.807) is 6.20 Å². The molecule has 13 heavy (non-hydrogen) atoms. The Labute approximate surface area is 77.2 Å². The third-order valence-electron chi connectivity index (χ3n) is 2.36. The summed E-state index contributed by atoms with van der Waals surface area (Å²) in [6.07, 6.45) is 2.81. The zero-order valence-electron chi connectivity index (χ0n) is 7.92. The second-order valence-electron chi connectivity index (χ2n) is 3.93. The molecule has 0 atom stereocenters. The second kappa shape index (κ2) is 2.76. The van der Waals surface area contributed by atoms with Gasteiger partial charge in [0.2, 0.25) is 0 Å². The number of nitrogens with zero attached hydrogens (tertiary/aromatic N) is 2. The summed E-state index contributed by atoms with van der Waals surface area (Å²) in [5.74, 6) is 0.711. The topological polar surface area (TPSA) is 25.8 Å². The molecule has 70 valence electrons. The summed E-state index contributed by atoms with van der Waals surface area (Å²) in [4.78, 5) is 8.19. The first-order chi connectivity index (χ1) is 6.12. The first-order valence-electron chi connectivity index (χ1n) is 4.64. The molecule has 1 heterocycles. The zero-order chi connectivity index (χ0) is 9.47. The molecule has 2 rings (SSSR count). The molecule has 0 N–H and O–H groups in total. The van der Waals surface area contributed by atoms with Crippen molar-refractivity contribution >= 4 is 0 Å². The summed E-state index contributed by atoms with van der Waals surface area (Å²) < 4.78 is 13.6. The highest BCUT2D eigenvalue weighted by atomic mass is 19.1. The van der Waals surface area contributed by atoms with Gasteiger partial charge in [-0.1, -0.05) is 13.8 Å². The highest BCUT2D eigenvalue weighted by Gasteiger charge is 2.48. The predicted molar refractivity (Wildman–Crippen MR) is 48.1 cm³/mol. The van der Waals surface area contributed by atoms with Gasteiger partial charge in [0.05, 0.1) is 0 Å². The minimum Gasteiger partial charge on any atom is -0.238 e. The van der Waals surface area contributed by atoms with Gasteiger partial charge >= 0.3 is 0 Å². The lowest BCUT2D eigenvalue weighted by Crippen LogP contribution is -2.07. The number of alkyl halides is 1. The average Bonchev–Trinajstić information content (AvgIpc) is 2.85. The van der Waals surface area contributed by atoms with Crippen molar-refractivity contribution in [3.63, 3.8) is 0 Å². The third-order valence-corrected chi connectivity index (χ3v) is 2.36. The lowest BCUT2D eigenvalue weighted by Gasteiger charge is -2.07. The third kappa shape index (κ3) is 1.55. The molecule has 0 amide bonds. The van der Waals surface area contributed by atoms with E-state index in [1.807, 2.05) is 19.9 Å². The number of halogens is 1. The molecule has 0 saturated heterocycles. The minimum atomic E-state index is -1.20. The molecular weight excluding hydrogens is 167 g/mol. The molecular formula is C10H13FN2. The van der Waals surface area contributed by atoms with Crippen molar-refractivity contribution in [1.82, 2.24) is 9.97 Å². The van der Waals surface area contributed by atoms with Gasteiger partial charge in [0.25, 0.3) is 0 Å². The van der Waals surface area contributed by atoms with Gasteiger partial charge in [-0.15, -0.1) is 0 Å². The highest BCUT2D eigenvalue weighted by Crippen LogP contribution is 2.47. The monoisotopic (exact) mass is 180 g/mol. The van der Waals surface area contributed by atoms with Gasteiger partial charge < -0.3 is 0 Å². The van der Waals surface area contributed by atoms with Crippen molar-refractivity contribution in [3.8, 4) is 0 Å². The molecule has 0 bridgehead atoms. The highest BCUT2D eigenvalue weighted by molar-refractivity contribution is 5.15. The summed E-state index contributed by atoms with van der Waals surface area (Å²) >= 11 is 0. The van der Waals surface area contributed by atoms with E-state index in [0.29, 0.717) is 24.6 Å². The number of hydrogen-bond acceptors (Lipinski definition) is 2. The van der Waals surface area contributed by atoms with Crippen LogP contribution in [0, 0.1) is 0 Å². The molecule has 1 aliphatic carbocycles. The van der Waals surface area contributed by atoms with E-state index in [-0.39, 0.29) is 0 Å². The van der Waals surface area contributed by atoms with Crippen LogP contribution in [-0.2, 0) is 5.67 Å². The average molecular weight is 180 g/mol. The van der Waals surface area contributed by atoms with Crippen LogP contribution in [0.3, 0.4) is 0 Å². The van der Waals surface area contributed by atoms with Gasteiger partial charge in [0.15, 0.2) is 11.5 Å². The maximum absolute atomic E-state index is 13.6. The first-order valence-corrected chi connectivity index (χ1v) is 4.64. The maximum Gasteiger partial charge on any atom is 0.170 e. The van der Waals surface area contributed by atoms with Crippen molar-refractivity contribution in [2.45, 2.75) is 38.3 Å². The van der Waals surface area contributed by atoms with Gasteiger partial charge in [-0.2, -0.15) is 0 Å². The van der Waals surface area contributed by atoms with Crippen LogP contribution >= 0.6 is 0 Å². The lowest BCUT2D eigenvalue weighted by molar-refractivity contribution is 0.299. The Kier molecular flexibility index (Phi) is 1.82. The van der Waals surface area contributed by atoms with Crippen LogP contribution < -0.4 is 0 Å². The lowest BCUT2D eigenvalue weighted by atomic mass is 10.1. The second-order valence-corrected chi connectivity index (χ2v) is 3.93. The van der Waals surface area contributed by atoms with Gasteiger partial charge in [-0.25, -0.2) is 14.4 Å². The minimum absolute atomic E-state index is 0.337. The van der Waals surface area contributed by atoms with Gasteiger partial charge in [0, 0.05) is 11.9 Å². The fraction of sp³-hybridized carbons (Fsp3) is 0.600. The summed E-state index contributed by atoms with van der Waals surface area (Å²) in [5.41, 5.74) is -0.279. The van der Waals surface area contributed by atoms with E-state index in [1.165, 1.54) is 0 Å². The van der Waals surface area contributed by atoms with Crippen LogP contribution in [0.5, 0.6) is 0 Å². The zero-order valence-corrected chi connectivity index (χ0v) is 7.92. The van der Waals surface area contributed by atoms with Gasteiger partial charge in [0.1, 0.15) is 0 Å². The van der Waals surface area contributed by atoms with Crippen LogP contribution in [0.25, 0.3) is 0 Å². The van der Waals surface area contributed by atoms with E-state index in [4.69, 9.17) is 0 Å². The van der Waals surface area contributed by atoms with Crippen molar-refractivity contribution in [2.75, 3.05) is 0 Å². The molecule has 1 saturated carbocycles. The Balaban J connectivity index is 2.33. The number of aromatic nitrogens is 2. The normalized spacial score (nSPS) is 19.1. The van der Waals surface area contributed by atoms with E-state index in [9.17, 15) is 4.39 Å². The molecule has 0 radical (unpaired) electrons. The van der Waals surface area contributed by atoms with Crippen LogP contribution in [-0.4, -0.2) is 9.97 Å². The maximum atomic E-state index is 13.6. The van der Waals surface area contributed by atoms with Crippen molar-refractivity contribution in [3.05, 3.63) is 23.8 Å². The molecule has 3 heteroatoms. The SMILES string of the molecule is CC(C)c1ccnc(C2(F)CC2)n1. The molecule has 0 unspecified atom stereocenters. The van der Waals surface area contributed by atoms with E-state index >= 15 is 0 Å². The quantitative estimate of drug-likeness (QED) is 0.699. The van der Waals surface area contributed by atoms with Crippen molar-refractivity contribution in [2.24, 2.45) is 0 Å². The summed E-state index contributed by atoms with van der Waals surface area (Å²) in [6, 6.07) is 1.85. The molecule has 0 spiro atoms. The van der Waals surface area contributed by atoms with Crippen molar-refractivity contribution in [1.29, 1.82) is 0 Å². The predicted octanol–water partition coefficient (Wildman–Crippen LogP) is 2.56. The Hall–Kier alpha value is -0.990. The molecule has 0 aromatic carbocycles. The fourth-order valence-corrected chi connectivity index (χ4v) is 1.24. The van der Waals surface area contributed by atoms with Gasteiger partial charge in [-0.3, -0.25) is 0 Å².